The number of hydrogen-bond acceptors (Lipinski definition) is 5. The molecule has 8 heteroatoms. The van der Waals surface area contributed by atoms with Gasteiger partial charge in [-0.05, 0) is 23.6 Å². The largest absolute Gasteiger partial charge is 0.506 e. The third kappa shape index (κ3) is 3.19. The number of para-hydroxylation sites is 1. The molecule has 0 saturated carbocycles. The molecule has 0 heterocycles. The number of phenols is 1. The van der Waals surface area contributed by atoms with Crippen molar-refractivity contribution in [3.63, 3.8) is 0 Å². The molecule has 3 N–H and O–H groups in total. The first-order valence-corrected chi connectivity index (χ1v) is 8.35. The Morgan fingerprint density at radius 1 is 0.958 bits per heavy atom. The van der Waals surface area contributed by atoms with E-state index in [1.165, 1.54) is 6.07 Å². The van der Waals surface area contributed by atoms with Crippen LogP contribution in [0.1, 0.15) is 0 Å². The third-order valence-electron chi connectivity index (χ3n) is 3.32. The van der Waals surface area contributed by atoms with E-state index in [2.05, 4.69) is 15.8 Å². The zero-order valence-corrected chi connectivity index (χ0v) is 13.1. The van der Waals surface area contributed by atoms with Crippen LogP contribution in [0.25, 0.3) is 10.8 Å². The van der Waals surface area contributed by atoms with Gasteiger partial charge in [0.15, 0.2) is 4.90 Å². The highest BCUT2D eigenvalue weighted by atomic mass is 32.2. The summed E-state index contributed by atoms with van der Waals surface area (Å²) in [5.41, 5.74) is 3.12. The predicted octanol–water partition coefficient (Wildman–Crippen LogP) is 3.90. The maximum absolute atomic E-state index is 11.6. The van der Waals surface area contributed by atoms with Gasteiger partial charge in [-0.15, -0.1) is 5.11 Å². The van der Waals surface area contributed by atoms with E-state index in [1.807, 2.05) is 6.07 Å². The quantitative estimate of drug-likeness (QED) is 0.378. The summed E-state index contributed by atoms with van der Waals surface area (Å²) >= 11 is 0. The highest BCUT2D eigenvalue weighted by molar-refractivity contribution is 7.86. The topological polar surface area (TPSA) is 111 Å². The summed E-state index contributed by atoms with van der Waals surface area (Å²) in [6.07, 6.45) is 0. The Bertz CT molecular complexity index is 1020. The molecule has 0 aliphatic rings. The number of anilines is 1. The van der Waals surface area contributed by atoms with E-state index in [4.69, 9.17) is 0 Å². The molecule has 3 aromatic carbocycles. The number of nitrogens with zero attached hydrogens (tertiary/aromatic N) is 2. The van der Waals surface area contributed by atoms with Crippen molar-refractivity contribution in [3.05, 3.63) is 60.7 Å². The Labute approximate surface area is 138 Å². The molecule has 0 spiro atoms. The molecule has 0 radical (unpaired) electrons. The van der Waals surface area contributed by atoms with Crippen molar-refractivity contribution in [1.82, 2.24) is 0 Å². The van der Waals surface area contributed by atoms with Crippen LogP contribution in [-0.4, -0.2) is 18.1 Å². The molecule has 24 heavy (non-hydrogen) atoms. The average molecular weight is 343 g/mol. The van der Waals surface area contributed by atoms with Gasteiger partial charge in [0.05, 0.1) is 5.69 Å². The molecular formula is C16H13N3O4S. The fraction of sp³-hybridized carbons (Fsp3) is 0. The predicted molar refractivity (Wildman–Crippen MR) is 90.0 cm³/mol. The minimum Gasteiger partial charge on any atom is -0.506 e. The first-order chi connectivity index (χ1) is 11.5. The lowest BCUT2D eigenvalue weighted by Gasteiger charge is -2.08. The Balaban J connectivity index is 2.09. The second-order valence-electron chi connectivity index (χ2n) is 4.95. The highest BCUT2D eigenvalue weighted by Gasteiger charge is 2.23. The molecule has 0 fully saturated rings. The van der Waals surface area contributed by atoms with Crippen LogP contribution in [0.2, 0.25) is 0 Å². The van der Waals surface area contributed by atoms with Gasteiger partial charge in [0, 0.05) is 5.39 Å². The maximum atomic E-state index is 11.6. The van der Waals surface area contributed by atoms with Crippen LogP contribution in [0.5, 0.6) is 5.75 Å². The second kappa shape index (κ2) is 6.26. The average Bonchev–Trinajstić information content (AvgIpc) is 2.55. The molecule has 3 rings (SSSR count). The van der Waals surface area contributed by atoms with Gasteiger partial charge in [0.25, 0.3) is 10.1 Å². The molecule has 0 aliphatic carbocycles. The maximum Gasteiger partial charge on any atom is 0.300 e. The lowest BCUT2D eigenvalue weighted by atomic mass is 10.1. The minimum atomic E-state index is -4.68. The number of phenolic OH excluding ortho intramolecular Hbond substituents is 1. The molecule has 0 atom stereocenters. The van der Waals surface area contributed by atoms with Gasteiger partial charge in [0.1, 0.15) is 11.4 Å². The molecule has 0 amide bonds. The molecule has 0 aliphatic heterocycles. The van der Waals surface area contributed by atoms with Crippen molar-refractivity contribution in [1.29, 1.82) is 0 Å². The van der Waals surface area contributed by atoms with E-state index in [9.17, 15) is 18.1 Å². The van der Waals surface area contributed by atoms with Gasteiger partial charge in [-0.25, -0.2) is 0 Å². The summed E-state index contributed by atoms with van der Waals surface area (Å²) in [5, 5.41) is 18.6. The molecule has 122 valence electrons. The molecule has 7 nitrogen and oxygen atoms in total. The fourth-order valence-corrected chi connectivity index (χ4v) is 2.99. The molecule has 0 bridgehead atoms. The van der Waals surface area contributed by atoms with Crippen LogP contribution >= 0.6 is 0 Å². The molecule has 0 unspecified atom stereocenters. The van der Waals surface area contributed by atoms with Gasteiger partial charge >= 0.3 is 0 Å². The van der Waals surface area contributed by atoms with E-state index in [1.54, 1.807) is 48.5 Å². The first kappa shape index (κ1) is 15.9. The van der Waals surface area contributed by atoms with E-state index in [0.29, 0.717) is 16.5 Å². The van der Waals surface area contributed by atoms with E-state index in [-0.39, 0.29) is 5.69 Å². The van der Waals surface area contributed by atoms with Crippen LogP contribution in [-0.2, 0) is 10.1 Å². The van der Waals surface area contributed by atoms with Crippen molar-refractivity contribution in [3.8, 4) is 5.75 Å². The lowest BCUT2D eigenvalue weighted by molar-refractivity contribution is 0.448. The summed E-state index contributed by atoms with van der Waals surface area (Å²) in [7, 11) is -4.68. The van der Waals surface area contributed by atoms with E-state index in [0.717, 1.165) is 0 Å². The SMILES string of the molecule is O=S(=O)(O)c1c(N=NNc2ccccc2)cc2ccccc2c1O. The molecule has 0 aromatic heterocycles. The first-order valence-electron chi connectivity index (χ1n) is 6.91. The van der Waals surface area contributed by atoms with Crippen molar-refractivity contribution in [2.75, 3.05) is 5.43 Å². The van der Waals surface area contributed by atoms with E-state index >= 15 is 0 Å². The smallest absolute Gasteiger partial charge is 0.300 e. The van der Waals surface area contributed by atoms with Crippen LogP contribution in [0.3, 0.4) is 0 Å². The number of hydrogen-bond donors (Lipinski definition) is 3. The van der Waals surface area contributed by atoms with Crippen molar-refractivity contribution >= 4 is 32.3 Å². The molecule has 0 saturated heterocycles. The number of benzene rings is 3. The van der Waals surface area contributed by atoms with Gasteiger partial charge in [0.2, 0.25) is 0 Å². The van der Waals surface area contributed by atoms with E-state index < -0.39 is 20.8 Å². The van der Waals surface area contributed by atoms with Gasteiger partial charge in [-0.1, -0.05) is 47.7 Å². The molecular weight excluding hydrogens is 330 g/mol. The van der Waals surface area contributed by atoms with Crippen LogP contribution < -0.4 is 5.43 Å². The number of fused-ring (bicyclic) bond motifs is 1. The zero-order chi connectivity index (χ0) is 17.2. The van der Waals surface area contributed by atoms with Crippen molar-refractivity contribution < 1.29 is 18.1 Å². The second-order valence-corrected chi connectivity index (χ2v) is 6.31. The summed E-state index contributed by atoms with van der Waals surface area (Å²) < 4.78 is 32.7. The van der Waals surface area contributed by atoms with Gasteiger partial charge in [-0.2, -0.15) is 8.42 Å². The Kier molecular flexibility index (Phi) is 4.15. The van der Waals surface area contributed by atoms with Crippen LogP contribution in [0, 0.1) is 0 Å². The van der Waals surface area contributed by atoms with Crippen molar-refractivity contribution in [2.24, 2.45) is 10.3 Å². The van der Waals surface area contributed by atoms with Crippen LogP contribution in [0.4, 0.5) is 11.4 Å². The third-order valence-corrected chi connectivity index (χ3v) is 4.24. The highest BCUT2D eigenvalue weighted by Crippen LogP contribution is 2.39. The number of rotatable bonds is 4. The Morgan fingerprint density at radius 3 is 2.33 bits per heavy atom. The Morgan fingerprint density at radius 2 is 1.62 bits per heavy atom. The summed E-state index contributed by atoms with van der Waals surface area (Å²) in [6, 6.07) is 17.0. The van der Waals surface area contributed by atoms with Crippen LogP contribution in [0.15, 0.2) is 75.9 Å². The normalized spacial score (nSPS) is 11.9. The lowest BCUT2D eigenvalue weighted by Crippen LogP contribution is -2.00. The minimum absolute atomic E-state index is 0.169. The molecule has 3 aromatic rings. The fourth-order valence-electron chi connectivity index (χ4n) is 2.27. The number of aromatic hydroxyl groups is 1. The van der Waals surface area contributed by atoms with Gasteiger partial charge < -0.3 is 5.11 Å². The van der Waals surface area contributed by atoms with Gasteiger partial charge in [-0.3, -0.25) is 9.98 Å². The van der Waals surface area contributed by atoms with Crippen molar-refractivity contribution in [2.45, 2.75) is 4.90 Å². The summed E-state index contributed by atoms with van der Waals surface area (Å²) in [5.74, 6) is -0.565. The summed E-state index contributed by atoms with van der Waals surface area (Å²) in [6.45, 7) is 0. The summed E-state index contributed by atoms with van der Waals surface area (Å²) in [4.78, 5) is -0.681. The number of nitrogens with one attached hydrogen (secondary N) is 1. The standard InChI is InChI=1S/C16H13N3O4S/c20-15-13-9-5-4-6-11(13)10-14(16(15)24(21,22)23)18-19-17-12-7-2-1-3-8-12/h1-10,20H,(H,17,18)(H,21,22,23). The monoisotopic (exact) mass is 343 g/mol. The zero-order valence-electron chi connectivity index (χ0n) is 12.3. The Hall–Kier alpha value is -2.97.